The minimum absolute atomic E-state index is 0.172. The van der Waals surface area contributed by atoms with Gasteiger partial charge in [-0.3, -0.25) is 4.79 Å². The average molecular weight is 204 g/mol. The van der Waals surface area contributed by atoms with E-state index in [2.05, 4.69) is 9.97 Å². The molecule has 2 rings (SSSR count). The highest BCUT2D eigenvalue weighted by Crippen LogP contribution is 2.19. The van der Waals surface area contributed by atoms with Crippen molar-refractivity contribution in [1.82, 2.24) is 9.97 Å². The predicted octanol–water partition coefficient (Wildman–Crippen LogP) is 1.58. The third-order valence-corrected chi connectivity index (χ3v) is 2.41. The number of carbonyl (C=O) groups excluding carboxylic acids is 1. The van der Waals surface area contributed by atoms with Crippen molar-refractivity contribution in [1.29, 1.82) is 0 Å². The Morgan fingerprint density at radius 1 is 1.60 bits per heavy atom. The van der Waals surface area contributed by atoms with Crippen LogP contribution in [0.3, 0.4) is 0 Å². The van der Waals surface area contributed by atoms with Gasteiger partial charge >= 0.3 is 0 Å². The Labute approximate surface area is 87.0 Å². The van der Waals surface area contributed by atoms with Crippen molar-refractivity contribution < 1.29 is 9.90 Å². The second-order valence-corrected chi connectivity index (χ2v) is 3.40. The molecular weight excluding hydrogens is 192 g/mol. The number of H-pyrrole nitrogens is 1. The molecule has 0 fully saturated rings. The van der Waals surface area contributed by atoms with E-state index in [9.17, 15) is 9.90 Å². The van der Waals surface area contributed by atoms with Crippen LogP contribution in [-0.2, 0) is 4.79 Å². The van der Waals surface area contributed by atoms with Gasteiger partial charge in [0.25, 0.3) is 0 Å². The first-order valence-electron chi connectivity index (χ1n) is 4.86. The Kier molecular flexibility index (Phi) is 2.51. The maximum atomic E-state index is 11.3. The van der Waals surface area contributed by atoms with Gasteiger partial charge in [0.2, 0.25) is 0 Å². The molecule has 0 saturated heterocycles. The van der Waals surface area contributed by atoms with Gasteiger partial charge in [0.1, 0.15) is 6.10 Å². The van der Waals surface area contributed by atoms with Crippen molar-refractivity contribution in [3.63, 3.8) is 0 Å². The number of aromatic nitrogens is 2. The van der Waals surface area contributed by atoms with E-state index in [1.165, 1.54) is 0 Å². The number of aliphatic hydroxyl groups is 1. The summed E-state index contributed by atoms with van der Waals surface area (Å²) in [7, 11) is 0. The van der Waals surface area contributed by atoms with Crippen molar-refractivity contribution in [2.24, 2.45) is 0 Å². The molecule has 78 valence electrons. The molecule has 15 heavy (non-hydrogen) atoms. The van der Waals surface area contributed by atoms with Gasteiger partial charge < -0.3 is 10.1 Å². The third kappa shape index (κ3) is 1.76. The van der Waals surface area contributed by atoms with Gasteiger partial charge in [-0.25, -0.2) is 4.98 Å². The number of nitrogens with zero attached hydrogens (tertiary/aromatic N) is 1. The van der Waals surface area contributed by atoms with E-state index in [0.29, 0.717) is 12.0 Å². The zero-order valence-electron chi connectivity index (χ0n) is 8.40. The van der Waals surface area contributed by atoms with Crippen molar-refractivity contribution in [3.05, 3.63) is 30.1 Å². The van der Waals surface area contributed by atoms with Gasteiger partial charge in [0, 0.05) is 6.42 Å². The number of hydrogen-bond acceptors (Lipinski definition) is 3. The predicted molar refractivity (Wildman–Crippen MR) is 56.4 cm³/mol. The first-order chi connectivity index (χ1) is 7.22. The lowest BCUT2D eigenvalue weighted by Gasteiger charge is -2.07. The Morgan fingerprint density at radius 3 is 3.13 bits per heavy atom. The minimum atomic E-state index is -1.03. The molecule has 4 nitrogen and oxygen atoms in total. The Balaban J connectivity index is 2.39. The molecule has 4 heteroatoms. The minimum Gasteiger partial charge on any atom is -0.381 e. The summed E-state index contributed by atoms with van der Waals surface area (Å²) in [5.41, 5.74) is 2.27. The van der Waals surface area contributed by atoms with E-state index in [1.807, 2.05) is 0 Å². The molecule has 1 aromatic carbocycles. The number of Topliss-reactive ketones (excluding diaryl/α,β-unsaturated/α-hetero) is 1. The fourth-order valence-corrected chi connectivity index (χ4v) is 1.50. The Bertz CT molecular complexity index is 490. The molecule has 0 aliphatic rings. The standard InChI is InChI=1S/C11H12N2O2/c1-2-10(14)11(15)7-3-4-8-9(5-7)13-6-12-8/h3-6,11,15H,2H2,1H3,(H,12,13). The number of benzene rings is 1. The van der Waals surface area contributed by atoms with E-state index in [-0.39, 0.29) is 5.78 Å². The first kappa shape index (κ1) is 9.86. The molecule has 1 atom stereocenters. The van der Waals surface area contributed by atoms with Crippen LogP contribution in [0, 0.1) is 0 Å². The quantitative estimate of drug-likeness (QED) is 0.797. The van der Waals surface area contributed by atoms with E-state index >= 15 is 0 Å². The van der Waals surface area contributed by atoms with Gasteiger partial charge in [-0.05, 0) is 17.7 Å². The smallest absolute Gasteiger partial charge is 0.165 e. The number of ketones is 1. The number of fused-ring (bicyclic) bond motifs is 1. The average Bonchev–Trinajstić information content (AvgIpc) is 2.73. The van der Waals surface area contributed by atoms with E-state index in [4.69, 9.17) is 0 Å². The summed E-state index contributed by atoms with van der Waals surface area (Å²) in [5, 5.41) is 9.70. The number of imidazole rings is 1. The molecule has 1 unspecified atom stereocenters. The maximum Gasteiger partial charge on any atom is 0.165 e. The molecule has 0 aliphatic heterocycles. The number of rotatable bonds is 3. The normalized spacial score (nSPS) is 12.9. The monoisotopic (exact) mass is 204 g/mol. The fraction of sp³-hybridized carbons (Fsp3) is 0.273. The molecule has 0 amide bonds. The topological polar surface area (TPSA) is 66.0 Å². The molecule has 2 aromatic rings. The molecule has 1 aromatic heterocycles. The van der Waals surface area contributed by atoms with Crippen LogP contribution >= 0.6 is 0 Å². The molecule has 0 aliphatic carbocycles. The van der Waals surface area contributed by atoms with Gasteiger partial charge in [0.15, 0.2) is 5.78 Å². The van der Waals surface area contributed by atoms with Crippen LogP contribution in [-0.4, -0.2) is 20.9 Å². The van der Waals surface area contributed by atoms with E-state index in [1.54, 1.807) is 31.5 Å². The third-order valence-electron chi connectivity index (χ3n) is 2.41. The van der Waals surface area contributed by atoms with Crippen molar-refractivity contribution >= 4 is 16.8 Å². The second-order valence-electron chi connectivity index (χ2n) is 3.40. The first-order valence-corrected chi connectivity index (χ1v) is 4.86. The van der Waals surface area contributed by atoms with Crippen LogP contribution in [0.5, 0.6) is 0 Å². The number of nitrogens with one attached hydrogen (secondary N) is 1. The Hall–Kier alpha value is -1.68. The fourth-order valence-electron chi connectivity index (χ4n) is 1.50. The molecular formula is C11H12N2O2. The second kappa shape index (κ2) is 3.82. The van der Waals surface area contributed by atoms with Crippen molar-refractivity contribution in [3.8, 4) is 0 Å². The van der Waals surface area contributed by atoms with Gasteiger partial charge in [-0.15, -0.1) is 0 Å². The molecule has 0 bridgehead atoms. The van der Waals surface area contributed by atoms with Crippen molar-refractivity contribution in [2.75, 3.05) is 0 Å². The van der Waals surface area contributed by atoms with Crippen LogP contribution in [0.25, 0.3) is 11.0 Å². The highest BCUT2D eigenvalue weighted by molar-refractivity contribution is 5.85. The van der Waals surface area contributed by atoms with Gasteiger partial charge in [-0.2, -0.15) is 0 Å². The lowest BCUT2D eigenvalue weighted by molar-refractivity contribution is -0.127. The zero-order chi connectivity index (χ0) is 10.8. The van der Waals surface area contributed by atoms with Crippen LogP contribution in [0.4, 0.5) is 0 Å². The van der Waals surface area contributed by atoms with Crippen molar-refractivity contribution in [2.45, 2.75) is 19.4 Å². The molecule has 0 spiro atoms. The van der Waals surface area contributed by atoms with Gasteiger partial charge in [0.05, 0.1) is 17.4 Å². The highest BCUT2D eigenvalue weighted by Gasteiger charge is 2.15. The molecule has 0 saturated carbocycles. The maximum absolute atomic E-state index is 11.3. The number of aromatic amines is 1. The summed E-state index contributed by atoms with van der Waals surface area (Å²) in [4.78, 5) is 18.3. The summed E-state index contributed by atoms with van der Waals surface area (Å²) in [6, 6.07) is 5.26. The van der Waals surface area contributed by atoms with Crippen LogP contribution in [0.1, 0.15) is 25.0 Å². The number of carbonyl (C=O) groups is 1. The lowest BCUT2D eigenvalue weighted by atomic mass is 10.0. The van der Waals surface area contributed by atoms with E-state index in [0.717, 1.165) is 11.0 Å². The van der Waals surface area contributed by atoms with Crippen LogP contribution < -0.4 is 0 Å². The van der Waals surface area contributed by atoms with Crippen LogP contribution in [0.15, 0.2) is 24.5 Å². The Morgan fingerprint density at radius 2 is 2.40 bits per heavy atom. The van der Waals surface area contributed by atoms with E-state index < -0.39 is 6.10 Å². The highest BCUT2D eigenvalue weighted by atomic mass is 16.3. The molecule has 1 heterocycles. The SMILES string of the molecule is CCC(=O)C(O)c1ccc2nc[nH]c2c1. The zero-order valence-corrected chi connectivity index (χ0v) is 8.40. The summed E-state index contributed by atoms with van der Waals surface area (Å²) in [6.07, 6.45) is 0.896. The lowest BCUT2D eigenvalue weighted by Crippen LogP contribution is -2.10. The summed E-state index contributed by atoms with van der Waals surface area (Å²) >= 11 is 0. The van der Waals surface area contributed by atoms with Gasteiger partial charge in [-0.1, -0.05) is 13.0 Å². The summed E-state index contributed by atoms with van der Waals surface area (Å²) in [6.45, 7) is 1.74. The summed E-state index contributed by atoms with van der Waals surface area (Å²) < 4.78 is 0. The number of aliphatic hydroxyl groups excluding tert-OH is 1. The molecule has 2 N–H and O–H groups in total. The molecule has 0 radical (unpaired) electrons. The number of hydrogen-bond donors (Lipinski definition) is 2. The van der Waals surface area contributed by atoms with Crippen LogP contribution in [0.2, 0.25) is 0 Å². The largest absolute Gasteiger partial charge is 0.381 e. The summed E-state index contributed by atoms with van der Waals surface area (Å²) in [5.74, 6) is -0.172.